The van der Waals surface area contributed by atoms with Crippen molar-refractivity contribution in [1.82, 2.24) is 4.90 Å². The fraction of sp³-hybridized carbons (Fsp3) is 0.350. The number of rotatable bonds is 3. The molecule has 2 aromatic rings. The van der Waals surface area contributed by atoms with Crippen LogP contribution in [-0.4, -0.2) is 37.1 Å². The Hall–Kier alpha value is -2.63. The second-order valence-corrected chi connectivity index (χ2v) is 6.75. The van der Waals surface area contributed by atoms with Crippen LogP contribution < -0.4 is 10.2 Å². The second kappa shape index (κ2) is 7.72. The molecule has 0 aromatic heterocycles. The van der Waals surface area contributed by atoms with E-state index in [1.807, 2.05) is 12.1 Å². The van der Waals surface area contributed by atoms with Gasteiger partial charge in [-0.25, -0.2) is 13.6 Å². The summed E-state index contributed by atoms with van der Waals surface area (Å²) in [6.07, 6.45) is 0. The van der Waals surface area contributed by atoms with Crippen LogP contribution in [0.3, 0.4) is 0 Å². The highest BCUT2D eigenvalue weighted by atomic mass is 19.2. The minimum atomic E-state index is -0.974. The molecule has 0 bridgehead atoms. The molecule has 1 aliphatic heterocycles. The van der Waals surface area contributed by atoms with Crippen LogP contribution in [0, 0.1) is 11.6 Å². The number of halogens is 2. The molecule has 6 heteroatoms. The number of carbonyl (C=O) groups is 1. The molecule has 138 valence electrons. The molecule has 0 radical (unpaired) electrons. The molecule has 2 aromatic carbocycles. The molecular formula is C20H23F2N3O. The first kappa shape index (κ1) is 18.2. The summed E-state index contributed by atoms with van der Waals surface area (Å²) in [5, 5.41) is 2.63. The first-order chi connectivity index (χ1) is 12.5. The molecule has 0 atom stereocenters. The van der Waals surface area contributed by atoms with Crippen molar-refractivity contribution >= 4 is 17.4 Å². The summed E-state index contributed by atoms with van der Waals surface area (Å²) in [5.41, 5.74) is 2.76. The predicted octanol–water partition coefficient (Wildman–Crippen LogP) is 4.44. The van der Waals surface area contributed by atoms with Gasteiger partial charge < -0.3 is 15.1 Å². The lowest BCUT2D eigenvalue weighted by Gasteiger charge is -2.37. The summed E-state index contributed by atoms with van der Waals surface area (Å²) in [6, 6.07) is 11.4. The molecule has 26 heavy (non-hydrogen) atoms. The average molecular weight is 359 g/mol. The van der Waals surface area contributed by atoms with E-state index in [0.29, 0.717) is 19.0 Å². The highest BCUT2D eigenvalue weighted by Crippen LogP contribution is 2.28. The maximum atomic E-state index is 13.3. The zero-order chi connectivity index (χ0) is 18.7. The lowest BCUT2D eigenvalue weighted by molar-refractivity contribution is 0.208. The lowest BCUT2D eigenvalue weighted by atomic mass is 10.00. The second-order valence-electron chi connectivity index (χ2n) is 6.75. The number of nitrogens with zero attached hydrogens (tertiary/aromatic N) is 2. The number of hydrogen-bond donors (Lipinski definition) is 1. The summed E-state index contributed by atoms with van der Waals surface area (Å²) in [6.45, 7) is 6.95. The van der Waals surface area contributed by atoms with Crippen molar-refractivity contribution in [1.29, 1.82) is 0 Å². The predicted molar refractivity (Wildman–Crippen MR) is 99.7 cm³/mol. The lowest BCUT2D eigenvalue weighted by Crippen LogP contribution is -2.50. The number of piperazine rings is 1. The van der Waals surface area contributed by atoms with E-state index in [4.69, 9.17) is 0 Å². The molecule has 1 fully saturated rings. The zero-order valence-electron chi connectivity index (χ0n) is 15.0. The van der Waals surface area contributed by atoms with Crippen LogP contribution in [0.4, 0.5) is 25.0 Å². The number of amides is 2. The highest BCUT2D eigenvalue weighted by molar-refractivity contribution is 5.89. The van der Waals surface area contributed by atoms with Crippen LogP contribution in [0.25, 0.3) is 0 Å². The van der Waals surface area contributed by atoms with E-state index in [1.165, 1.54) is 17.3 Å². The minimum Gasteiger partial charge on any atom is -0.368 e. The molecule has 3 rings (SSSR count). The van der Waals surface area contributed by atoms with Gasteiger partial charge in [-0.2, -0.15) is 0 Å². The van der Waals surface area contributed by atoms with Crippen LogP contribution in [0.5, 0.6) is 0 Å². The SMILES string of the molecule is CC(C)c1ccccc1N1CCN(C(=O)Nc2ccc(F)c(F)c2)CC1. The topological polar surface area (TPSA) is 35.6 Å². The Kier molecular flexibility index (Phi) is 5.40. The van der Waals surface area contributed by atoms with E-state index in [2.05, 4.69) is 36.2 Å². The smallest absolute Gasteiger partial charge is 0.321 e. The number of urea groups is 1. The van der Waals surface area contributed by atoms with Crippen molar-refractivity contribution in [2.45, 2.75) is 19.8 Å². The van der Waals surface area contributed by atoms with Gasteiger partial charge in [-0.3, -0.25) is 0 Å². The molecule has 1 N–H and O–H groups in total. The number of carbonyl (C=O) groups excluding carboxylic acids is 1. The van der Waals surface area contributed by atoms with Crippen molar-refractivity contribution in [3.05, 3.63) is 59.7 Å². The normalized spacial score (nSPS) is 14.7. The van der Waals surface area contributed by atoms with Gasteiger partial charge in [0.15, 0.2) is 11.6 Å². The van der Waals surface area contributed by atoms with Crippen molar-refractivity contribution < 1.29 is 13.6 Å². The number of para-hydroxylation sites is 1. The summed E-state index contributed by atoms with van der Waals surface area (Å²) >= 11 is 0. The van der Waals surface area contributed by atoms with Gasteiger partial charge in [0.1, 0.15) is 0 Å². The van der Waals surface area contributed by atoms with Crippen molar-refractivity contribution in [2.75, 3.05) is 36.4 Å². The van der Waals surface area contributed by atoms with Gasteiger partial charge in [0.25, 0.3) is 0 Å². The Morgan fingerprint density at radius 2 is 1.69 bits per heavy atom. The monoisotopic (exact) mass is 359 g/mol. The third kappa shape index (κ3) is 3.95. The molecule has 0 aliphatic carbocycles. The van der Waals surface area contributed by atoms with E-state index in [0.717, 1.165) is 25.2 Å². The van der Waals surface area contributed by atoms with Crippen LogP contribution in [0.1, 0.15) is 25.3 Å². The maximum Gasteiger partial charge on any atom is 0.321 e. The highest BCUT2D eigenvalue weighted by Gasteiger charge is 2.23. The van der Waals surface area contributed by atoms with Crippen LogP contribution in [-0.2, 0) is 0 Å². The Morgan fingerprint density at radius 3 is 2.35 bits per heavy atom. The van der Waals surface area contributed by atoms with Gasteiger partial charge in [0.2, 0.25) is 0 Å². The summed E-state index contributed by atoms with van der Waals surface area (Å²) in [4.78, 5) is 16.3. The fourth-order valence-electron chi connectivity index (χ4n) is 3.19. The quantitative estimate of drug-likeness (QED) is 0.879. The molecule has 2 amide bonds. The van der Waals surface area contributed by atoms with Gasteiger partial charge in [0.05, 0.1) is 0 Å². The van der Waals surface area contributed by atoms with E-state index in [-0.39, 0.29) is 11.7 Å². The van der Waals surface area contributed by atoms with Crippen LogP contribution in [0.2, 0.25) is 0 Å². The Bertz CT molecular complexity index is 786. The van der Waals surface area contributed by atoms with E-state index < -0.39 is 11.6 Å². The summed E-state index contributed by atoms with van der Waals surface area (Å²) in [7, 11) is 0. The third-order valence-electron chi connectivity index (χ3n) is 4.64. The zero-order valence-corrected chi connectivity index (χ0v) is 15.0. The minimum absolute atomic E-state index is 0.251. The summed E-state index contributed by atoms with van der Waals surface area (Å²) < 4.78 is 26.2. The number of hydrogen-bond acceptors (Lipinski definition) is 2. The first-order valence-corrected chi connectivity index (χ1v) is 8.80. The Balaban J connectivity index is 1.61. The van der Waals surface area contributed by atoms with E-state index >= 15 is 0 Å². The van der Waals surface area contributed by atoms with Gasteiger partial charge >= 0.3 is 6.03 Å². The molecule has 0 spiro atoms. The molecule has 4 nitrogen and oxygen atoms in total. The van der Waals surface area contributed by atoms with Crippen molar-refractivity contribution in [3.63, 3.8) is 0 Å². The molecule has 1 saturated heterocycles. The van der Waals surface area contributed by atoms with Gasteiger partial charge in [-0.15, -0.1) is 0 Å². The van der Waals surface area contributed by atoms with Crippen molar-refractivity contribution in [3.8, 4) is 0 Å². The number of benzene rings is 2. The molecule has 0 saturated carbocycles. The standard InChI is InChI=1S/C20H23F2N3O/c1-14(2)16-5-3-4-6-19(16)24-9-11-25(12-10-24)20(26)23-15-7-8-17(21)18(22)13-15/h3-8,13-14H,9-12H2,1-2H3,(H,23,26). The fourth-order valence-corrected chi connectivity index (χ4v) is 3.19. The molecular weight excluding hydrogens is 336 g/mol. The van der Waals surface area contributed by atoms with Gasteiger partial charge in [-0.05, 0) is 29.7 Å². The average Bonchev–Trinajstić information content (AvgIpc) is 2.65. The van der Waals surface area contributed by atoms with Crippen LogP contribution >= 0.6 is 0 Å². The molecule has 1 aliphatic rings. The maximum absolute atomic E-state index is 13.3. The number of nitrogens with one attached hydrogen (secondary N) is 1. The van der Waals surface area contributed by atoms with Crippen molar-refractivity contribution in [2.24, 2.45) is 0 Å². The molecule has 1 heterocycles. The number of anilines is 2. The third-order valence-corrected chi connectivity index (χ3v) is 4.64. The van der Waals surface area contributed by atoms with E-state index in [9.17, 15) is 13.6 Å². The van der Waals surface area contributed by atoms with E-state index in [1.54, 1.807) is 4.90 Å². The first-order valence-electron chi connectivity index (χ1n) is 8.80. The summed E-state index contributed by atoms with van der Waals surface area (Å²) in [5.74, 6) is -1.47. The van der Waals surface area contributed by atoms with Gasteiger partial charge in [-0.1, -0.05) is 32.0 Å². The largest absolute Gasteiger partial charge is 0.368 e. The van der Waals surface area contributed by atoms with Gasteiger partial charge in [0, 0.05) is 43.6 Å². The van der Waals surface area contributed by atoms with Crippen LogP contribution in [0.15, 0.2) is 42.5 Å². The Labute approximate surface area is 152 Å². The Morgan fingerprint density at radius 1 is 1.00 bits per heavy atom. The molecule has 0 unspecified atom stereocenters.